The van der Waals surface area contributed by atoms with Crippen molar-refractivity contribution in [1.82, 2.24) is 4.72 Å². The molecule has 1 aromatic carbocycles. The zero-order valence-electron chi connectivity index (χ0n) is 15.5. The molecule has 0 aromatic heterocycles. The first-order chi connectivity index (χ1) is 11.8. The summed E-state index contributed by atoms with van der Waals surface area (Å²) in [5, 5.41) is 0. The number of ether oxygens (including phenoxy) is 2. The Labute approximate surface area is 152 Å². The molecule has 1 aliphatic rings. The van der Waals surface area contributed by atoms with E-state index in [1.54, 1.807) is 0 Å². The normalized spacial score (nSPS) is 19.1. The van der Waals surface area contributed by atoms with E-state index in [2.05, 4.69) is 18.6 Å². The van der Waals surface area contributed by atoms with Crippen molar-refractivity contribution in [1.29, 1.82) is 0 Å². The largest absolute Gasteiger partial charge is 0.494 e. The molecule has 1 heterocycles. The highest BCUT2D eigenvalue weighted by atomic mass is 32.2. The molecule has 25 heavy (non-hydrogen) atoms. The van der Waals surface area contributed by atoms with Gasteiger partial charge >= 0.3 is 0 Å². The van der Waals surface area contributed by atoms with Gasteiger partial charge in [-0.05, 0) is 51.3 Å². The zero-order chi connectivity index (χ0) is 18.5. The highest BCUT2D eigenvalue weighted by molar-refractivity contribution is 7.89. The number of sulfonamides is 1. The van der Waals surface area contributed by atoms with Crippen LogP contribution < -0.4 is 14.2 Å². The van der Waals surface area contributed by atoms with Gasteiger partial charge in [0, 0.05) is 18.0 Å². The molecule has 0 amide bonds. The Morgan fingerprint density at radius 1 is 1.40 bits per heavy atom. The van der Waals surface area contributed by atoms with Crippen LogP contribution in [0.15, 0.2) is 18.2 Å². The maximum absolute atomic E-state index is 12.4. The Kier molecular flexibility index (Phi) is 6.74. The second-order valence-corrected chi connectivity index (χ2v) is 9.05. The quantitative estimate of drug-likeness (QED) is 0.676. The number of hydrogen-bond donors (Lipinski definition) is 1. The lowest BCUT2D eigenvalue weighted by atomic mass is 9.85. The number of rotatable bonds is 9. The Morgan fingerprint density at radius 3 is 2.84 bits per heavy atom. The number of nitrogens with one attached hydrogen (secondary N) is 1. The predicted molar refractivity (Wildman–Crippen MR) is 101 cm³/mol. The van der Waals surface area contributed by atoms with Crippen LogP contribution in [0.25, 0.3) is 0 Å². The topological polar surface area (TPSA) is 64.6 Å². The molecule has 0 bridgehead atoms. The van der Waals surface area contributed by atoms with Crippen molar-refractivity contribution >= 4 is 10.0 Å². The van der Waals surface area contributed by atoms with Crippen LogP contribution in [-0.2, 0) is 10.0 Å². The van der Waals surface area contributed by atoms with E-state index in [9.17, 15) is 8.42 Å². The fourth-order valence-corrected chi connectivity index (χ4v) is 4.51. The maximum Gasteiger partial charge on any atom is 0.212 e. The summed E-state index contributed by atoms with van der Waals surface area (Å²) in [6.45, 7) is 10.8. The lowest BCUT2D eigenvalue weighted by molar-refractivity contribution is 0.0748. The fourth-order valence-electron chi connectivity index (χ4n) is 3.11. The van der Waals surface area contributed by atoms with E-state index in [-0.39, 0.29) is 11.7 Å². The van der Waals surface area contributed by atoms with Crippen molar-refractivity contribution in [3.05, 3.63) is 30.7 Å². The van der Waals surface area contributed by atoms with Crippen molar-refractivity contribution in [3.63, 3.8) is 0 Å². The third kappa shape index (κ3) is 5.89. The summed E-state index contributed by atoms with van der Waals surface area (Å²) >= 11 is 0. The van der Waals surface area contributed by atoms with Gasteiger partial charge in [-0.3, -0.25) is 0 Å². The monoisotopic (exact) mass is 368 g/mol. The van der Waals surface area contributed by atoms with Crippen molar-refractivity contribution < 1.29 is 17.9 Å². The molecular weight excluding hydrogens is 338 g/mol. The standard InChI is InChI=1S/C19H30NO4S/c1-5-7-11-23-16-8-9-18-17(12-16)15(13-19(3,4)24-18)14-25(21,22)20-10-6-2/h8-9,12,15,20H,2,5-7,10-11,13-14H2,1,3-4H3. The van der Waals surface area contributed by atoms with Crippen LogP contribution in [0.1, 0.15) is 57.9 Å². The van der Waals surface area contributed by atoms with Crippen LogP contribution in [0.4, 0.5) is 0 Å². The lowest BCUT2D eigenvalue weighted by Gasteiger charge is -2.37. The predicted octanol–water partition coefficient (Wildman–Crippen LogP) is 3.65. The van der Waals surface area contributed by atoms with E-state index < -0.39 is 15.6 Å². The maximum atomic E-state index is 12.4. The van der Waals surface area contributed by atoms with Crippen molar-refractivity contribution in [3.8, 4) is 11.5 Å². The van der Waals surface area contributed by atoms with Crippen molar-refractivity contribution in [2.75, 3.05) is 18.9 Å². The second kappa shape index (κ2) is 8.41. The molecule has 6 heteroatoms. The van der Waals surface area contributed by atoms with Gasteiger partial charge in [0.1, 0.15) is 17.1 Å². The summed E-state index contributed by atoms with van der Waals surface area (Å²) < 4.78 is 39.2. The van der Waals surface area contributed by atoms with Gasteiger partial charge in [0.2, 0.25) is 10.0 Å². The number of hydrogen-bond acceptors (Lipinski definition) is 4. The fraction of sp³-hybridized carbons (Fsp3) is 0.632. The van der Waals surface area contributed by atoms with Crippen LogP contribution in [-0.4, -0.2) is 32.9 Å². The van der Waals surface area contributed by atoms with Gasteiger partial charge in [0.15, 0.2) is 0 Å². The Hall–Kier alpha value is -1.27. The van der Waals surface area contributed by atoms with Gasteiger partial charge in [-0.1, -0.05) is 20.3 Å². The van der Waals surface area contributed by atoms with Gasteiger partial charge in [-0.25, -0.2) is 13.1 Å². The van der Waals surface area contributed by atoms with Crippen LogP contribution >= 0.6 is 0 Å². The molecule has 1 N–H and O–H groups in total. The minimum atomic E-state index is -3.36. The van der Waals surface area contributed by atoms with E-state index in [1.165, 1.54) is 0 Å². The third-order valence-corrected chi connectivity index (χ3v) is 5.72. The molecule has 0 saturated carbocycles. The Bertz CT molecular complexity index is 670. The molecule has 1 aliphatic heterocycles. The molecule has 2 rings (SSSR count). The van der Waals surface area contributed by atoms with E-state index >= 15 is 0 Å². The lowest BCUT2D eigenvalue weighted by Crippen LogP contribution is -2.38. The minimum Gasteiger partial charge on any atom is -0.494 e. The first kappa shape index (κ1) is 20.0. The summed E-state index contributed by atoms with van der Waals surface area (Å²) in [6, 6.07) is 5.71. The summed E-state index contributed by atoms with van der Waals surface area (Å²) in [5.74, 6) is 1.43. The molecule has 141 valence electrons. The molecule has 0 spiro atoms. The highest BCUT2D eigenvalue weighted by Crippen LogP contribution is 2.42. The molecule has 0 fully saturated rings. The molecule has 0 aliphatic carbocycles. The number of unbranched alkanes of at least 4 members (excludes halogenated alkanes) is 1. The molecule has 1 unspecified atom stereocenters. The summed E-state index contributed by atoms with van der Waals surface area (Å²) in [5.41, 5.74) is 0.512. The number of benzene rings is 1. The van der Waals surface area contributed by atoms with E-state index in [1.807, 2.05) is 32.0 Å². The van der Waals surface area contributed by atoms with E-state index in [0.29, 0.717) is 26.0 Å². The van der Waals surface area contributed by atoms with Gasteiger partial charge in [0.05, 0.1) is 12.4 Å². The van der Waals surface area contributed by atoms with Crippen LogP contribution in [0.2, 0.25) is 0 Å². The second-order valence-electron chi connectivity index (χ2n) is 7.19. The van der Waals surface area contributed by atoms with Crippen molar-refractivity contribution in [2.24, 2.45) is 0 Å². The highest BCUT2D eigenvalue weighted by Gasteiger charge is 2.36. The first-order valence-corrected chi connectivity index (χ1v) is 10.6. The third-order valence-electron chi connectivity index (χ3n) is 4.23. The average Bonchev–Trinajstić information content (AvgIpc) is 2.52. The Morgan fingerprint density at radius 2 is 2.16 bits per heavy atom. The van der Waals surface area contributed by atoms with Gasteiger partial charge in [-0.2, -0.15) is 0 Å². The van der Waals surface area contributed by atoms with Crippen LogP contribution in [0.5, 0.6) is 11.5 Å². The minimum absolute atomic E-state index is 0.0468. The van der Waals surface area contributed by atoms with E-state index in [0.717, 1.165) is 29.9 Å². The molecule has 1 aromatic rings. The molecule has 1 radical (unpaired) electrons. The van der Waals surface area contributed by atoms with Gasteiger partial charge in [0.25, 0.3) is 0 Å². The smallest absolute Gasteiger partial charge is 0.212 e. The first-order valence-electron chi connectivity index (χ1n) is 8.98. The SMILES string of the molecule is [CH2]CCNS(=O)(=O)CC1CC(C)(C)Oc2ccc(OCCCC)cc21. The average molecular weight is 369 g/mol. The van der Waals surface area contributed by atoms with Gasteiger partial charge in [-0.15, -0.1) is 0 Å². The van der Waals surface area contributed by atoms with Crippen LogP contribution in [0, 0.1) is 6.92 Å². The molecule has 0 saturated heterocycles. The number of fused-ring (bicyclic) bond motifs is 1. The summed E-state index contributed by atoms with van der Waals surface area (Å²) in [6.07, 6.45) is 3.24. The summed E-state index contributed by atoms with van der Waals surface area (Å²) in [4.78, 5) is 0. The molecular formula is C19H30NO4S. The molecule has 5 nitrogen and oxygen atoms in total. The Balaban J connectivity index is 2.24. The zero-order valence-corrected chi connectivity index (χ0v) is 16.3. The van der Waals surface area contributed by atoms with Gasteiger partial charge < -0.3 is 9.47 Å². The summed E-state index contributed by atoms with van der Waals surface area (Å²) in [7, 11) is -3.36. The van der Waals surface area contributed by atoms with Crippen LogP contribution in [0.3, 0.4) is 0 Å². The molecule has 1 atom stereocenters. The van der Waals surface area contributed by atoms with E-state index in [4.69, 9.17) is 9.47 Å². The van der Waals surface area contributed by atoms with Crippen molar-refractivity contribution in [2.45, 2.75) is 58.0 Å².